The predicted octanol–water partition coefficient (Wildman–Crippen LogP) is 1.96. The van der Waals surface area contributed by atoms with Gasteiger partial charge in [0.1, 0.15) is 11.5 Å². The van der Waals surface area contributed by atoms with Gasteiger partial charge in [0.2, 0.25) is 0 Å². The number of carbonyl (C=O) groups is 1. The number of nitrogens with one attached hydrogen (secondary N) is 1. The van der Waals surface area contributed by atoms with Crippen LogP contribution in [0.25, 0.3) is 5.69 Å². The second kappa shape index (κ2) is 5.53. The van der Waals surface area contributed by atoms with E-state index >= 15 is 0 Å². The molecule has 0 bridgehead atoms. The molecule has 1 heterocycles. The van der Waals surface area contributed by atoms with Crippen LogP contribution in [0.4, 0.5) is 4.39 Å². The first-order chi connectivity index (χ1) is 10.5. The molecule has 0 aliphatic heterocycles. The third kappa shape index (κ3) is 2.62. The summed E-state index contributed by atoms with van der Waals surface area (Å²) in [6.07, 6.45) is 3.82. The molecular formula is C16H18FN3O2. The molecule has 0 radical (unpaired) electrons. The van der Waals surface area contributed by atoms with Crippen LogP contribution < -0.4 is 5.32 Å². The van der Waals surface area contributed by atoms with Crippen molar-refractivity contribution in [2.45, 2.75) is 31.8 Å². The fraction of sp³-hybridized carbons (Fsp3) is 0.375. The van der Waals surface area contributed by atoms with Crippen molar-refractivity contribution in [1.82, 2.24) is 15.1 Å². The van der Waals surface area contributed by atoms with Crippen LogP contribution in [0.2, 0.25) is 0 Å². The molecule has 1 fully saturated rings. The summed E-state index contributed by atoms with van der Waals surface area (Å²) in [5.41, 5.74) is 0.469. The van der Waals surface area contributed by atoms with Crippen molar-refractivity contribution < 1.29 is 14.3 Å². The predicted molar refractivity (Wildman–Crippen MR) is 79.4 cm³/mol. The summed E-state index contributed by atoms with van der Waals surface area (Å²) in [6, 6.07) is 6.27. The normalized spacial score (nSPS) is 16.1. The first kappa shape index (κ1) is 14.7. The van der Waals surface area contributed by atoms with Gasteiger partial charge in [0.05, 0.1) is 23.1 Å². The number of carbonyl (C=O) groups excluding carboxylic acids is 1. The topological polar surface area (TPSA) is 67.2 Å². The molecule has 0 unspecified atom stereocenters. The molecule has 22 heavy (non-hydrogen) atoms. The van der Waals surface area contributed by atoms with Gasteiger partial charge in [0, 0.05) is 6.54 Å². The molecule has 5 nitrogen and oxygen atoms in total. The van der Waals surface area contributed by atoms with Gasteiger partial charge in [0.15, 0.2) is 0 Å². The maximum atomic E-state index is 13.8. The van der Waals surface area contributed by atoms with Crippen LogP contribution in [0, 0.1) is 12.7 Å². The Labute approximate surface area is 127 Å². The molecule has 1 aliphatic rings. The summed E-state index contributed by atoms with van der Waals surface area (Å²) in [6.45, 7) is 1.95. The minimum absolute atomic E-state index is 0.232. The highest BCUT2D eigenvalue weighted by molar-refractivity contribution is 5.95. The molecule has 1 amide bonds. The van der Waals surface area contributed by atoms with Crippen LogP contribution in [0.15, 0.2) is 30.5 Å². The van der Waals surface area contributed by atoms with Crippen LogP contribution in [0.5, 0.6) is 0 Å². The summed E-state index contributed by atoms with van der Waals surface area (Å²) < 4.78 is 15.2. The highest BCUT2D eigenvalue weighted by Gasteiger charge is 2.34. The summed E-state index contributed by atoms with van der Waals surface area (Å²) in [7, 11) is 0. The maximum Gasteiger partial charge on any atom is 0.254 e. The standard InChI is InChI=1S/C16H18FN3O2/c1-11-12(15(21)18-10-16(22)7-4-8-16)9-19-20(11)14-6-3-2-5-13(14)17/h2-3,5-6,9,22H,4,7-8,10H2,1H3,(H,18,21). The Morgan fingerprint density at radius 1 is 1.45 bits per heavy atom. The molecule has 0 atom stereocenters. The average Bonchev–Trinajstić information content (AvgIpc) is 2.85. The van der Waals surface area contributed by atoms with Gasteiger partial charge in [-0.3, -0.25) is 4.79 Å². The van der Waals surface area contributed by atoms with E-state index in [2.05, 4.69) is 10.4 Å². The van der Waals surface area contributed by atoms with E-state index in [1.54, 1.807) is 25.1 Å². The second-order valence-electron chi connectivity index (χ2n) is 5.77. The molecule has 2 aromatic rings. The number of amides is 1. The number of para-hydroxylation sites is 1. The number of benzene rings is 1. The van der Waals surface area contributed by atoms with E-state index in [4.69, 9.17) is 0 Å². The molecule has 116 valence electrons. The van der Waals surface area contributed by atoms with Crippen LogP contribution in [-0.2, 0) is 0 Å². The Hall–Kier alpha value is -2.21. The lowest BCUT2D eigenvalue weighted by Crippen LogP contribution is -2.47. The van der Waals surface area contributed by atoms with Gasteiger partial charge in [-0.1, -0.05) is 12.1 Å². The van der Waals surface area contributed by atoms with E-state index in [9.17, 15) is 14.3 Å². The number of rotatable bonds is 4. The van der Waals surface area contributed by atoms with Crippen molar-refractivity contribution in [2.24, 2.45) is 0 Å². The Bertz CT molecular complexity index is 707. The van der Waals surface area contributed by atoms with E-state index in [0.717, 1.165) is 6.42 Å². The van der Waals surface area contributed by atoms with Crippen molar-refractivity contribution in [3.05, 3.63) is 47.5 Å². The van der Waals surface area contributed by atoms with E-state index in [-0.39, 0.29) is 12.5 Å². The summed E-state index contributed by atoms with van der Waals surface area (Å²) >= 11 is 0. The Morgan fingerprint density at radius 3 is 2.82 bits per heavy atom. The van der Waals surface area contributed by atoms with Gasteiger partial charge in [-0.2, -0.15) is 5.10 Å². The van der Waals surface area contributed by atoms with Gasteiger partial charge in [-0.25, -0.2) is 9.07 Å². The van der Waals surface area contributed by atoms with E-state index in [1.165, 1.54) is 16.9 Å². The number of nitrogens with zero attached hydrogens (tertiary/aromatic N) is 2. The Morgan fingerprint density at radius 2 is 2.18 bits per heavy atom. The van der Waals surface area contributed by atoms with Gasteiger partial charge >= 0.3 is 0 Å². The molecule has 2 N–H and O–H groups in total. The van der Waals surface area contributed by atoms with Crippen molar-refractivity contribution >= 4 is 5.91 Å². The lowest BCUT2D eigenvalue weighted by molar-refractivity contribution is -0.0300. The van der Waals surface area contributed by atoms with Crippen LogP contribution in [0.3, 0.4) is 0 Å². The summed E-state index contributed by atoms with van der Waals surface area (Å²) in [5.74, 6) is -0.704. The van der Waals surface area contributed by atoms with Gasteiger partial charge in [-0.05, 0) is 38.3 Å². The molecule has 1 saturated carbocycles. The lowest BCUT2D eigenvalue weighted by Gasteiger charge is -2.36. The zero-order chi connectivity index (χ0) is 15.7. The molecule has 1 aromatic heterocycles. The highest BCUT2D eigenvalue weighted by Crippen LogP contribution is 2.30. The van der Waals surface area contributed by atoms with Crippen molar-refractivity contribution in [2.75, 3.05) is 6.54 Å². The van der Waals surface area contributed by atoms with E-state index < -0.39 is 11.4 Å². The Kier molecular flexibility index (Phi) is 3.70. The number of aliphatic hydroxyl groups is 1. The van der Waals surface area contributed by atoms with Gasteiger partial charge in [-0.15, -0.1) is 0 Å². The third-order valence-corrected chi connectivity index (χ3v) is 4.20. The first-order valence-corrected chi connectivity index (χ1v) is 7.30. The molecule has 0 spiro atoms. The highest BCUT2D eigenvalue weighted by atomic mass is 19.1. The molecular weight excluding hydrogens is 285 g/mol. The number of hydrogen-bond acceptors (Lipinski definition) is 3. The number of hydrogen-bond donors (Lipinski definition) is 2. The summed E-state index contributed by atoms with van der Waals surface area (Å²) in [5, 5.41) is 16.8. The van der Waals surface area contributed by atoms with Crippen LogP contribution in [-0.4, -0.2) is 32.9 Å². The van der Waals surface area contributed by atoms with Crippen molar-refractivity contribution in [3.8, 4) is 5.69 Å². The minimum Gasteiger partial charge on any atom is -0.388 e. The number of halogens is 1. The van der Waals surface area contributed by atoms with E-state index in [1.807, 2.05) is 0 Å². The SMILES string of the molecule is Cc1c(C(=O)NCC2(O)CCC2)cnn1-c1ccccc1F. The largest absolute Gasteiger partial charge is 0.388 e. The van der Waals surface area contributed by atoms with Crippen LogP contribution >= 0.6 is 0 Å². The van der Waals surface area contributed by atoms with Crippen molar-refractivity contribution in [3.63, 3.8) is 0 Å². The fourth-order valence-electron chi connectivity index (χ4n) is 2.60. The number of aromatic nitrogens is 2. The third-order valence-electron chi connectivity index (χ3n) is 4.20. The van der Waals surface area contributed by atoms with Crippen molar-refractivity contribution in [1.29, 1.82) is 0 Å². The minimum atomic E-state index is -0.773. The zero-order valence-corrected chi connectivity index (χ0v) is 12.3. The first-order valence-electron chi connectivity index (χ1n) is 7.30. The van der Waals surface area contributed by atoms with Gasteiger partial charge in [0.25, 0.3) is 5.91 Å². The summed E-state index contributed by atoms with van der Waals surface area (Å²) in [4.78, 5) is 12.2. The molecule has 1 aliphatic carbocycles. The maximum absolute atomic E-state index is 13.8. The quantitative estimate of drug-likeness (QED) is 0.907. The second-order valence-corrected chi connectivity index (χ2v) is 5.77. The lowest BCUT2D eigenvalue weighted by atomic mass is 9.80. The Balaban J connectivity index is 1.78. The van der Waals surface area contributed by atoms with E-state index in [0.29, 0.717) is 29.8 Å². The average molecular weight is 303 g/mol. The molecule has 6 heteroatoms. The molecule has 3 rings (SSSR count). The zero-order valence-electron chi connectivity index (χ0n) is 12.3. The van der Waals surface area contributed by atoms with Gasteiger partial charge < -0.3 is 10.4 Å². The molecule has 1 aromatic carbocycles. The smallest absolute Gasteiger partial charge is 0.254 e. The fourth-order valence-corrected chi connectivity index (χ4v) is 2.60. The van der Waals surface area contributed by atoms with Crippen LogP contribution in [0.1, 0.15) is 35.3 Å². The monoisotopic (exact) mass is 303 g/mol. The molecule has 0 saturated heterocycles.